The molecule has 0 unspecified atom stereocenters. The minimum absolute atomic E-state index is 0.263. The molecule has 0 aliphatic heterocycles. The van der Waals surface area contributed by atoms with Gasteiger partial charge in [-0.05, 0) is 47.5 Å². The maximum Gasteiger partial charge on any atom is 0.207 e. The average Bonchev–Trinajstić information content (AvgIpc) is 2.64. The molecule has 0 aliphatic carbocycles. The van der Waals surface area contributed by atoms with Gasteiger partial charge in [0, 0.05) is 17.2 Å². The van der Waals surface area contributed by atoms with Crippen LogP contribution in [0.3, 0.4) is 0 Å². The standard InChI is InChI=1S/C13H15BrFN3/c1-3-6-18-8-9(2)16-13(18)17-12-5-4-10(15)7-11(12)14/h4-5,7-8H,3,6H2,1-2H3,(H,16,17). The van der Waals surface area contributed by atoms with E-state index in [1.807, 2.05) is 13.1 Å². The Labute approximate surface area is 114 Å². The van der Waals surface area contributed by atoms with Gasteiger partial charge >= 0.3 is 0 Å². The molecule has 0 radical (unpaired) electrons. The average molecular weight is 312 g/mol. The first-order valence-corrected chi connectivity index (χ1v) is 6.65. The second-order valence-electron chi connectivity index (χ2n) is 4.15. The zero-order valence-corrected chi connectivity index (χ0v) is 12.0. The van der Waals surface area contributed by atoms with Gasteiger partial charge in [-0.1, -0.05) is 6.92 Å². The lowest BCUT2D eigenvalue weighted by Gasteiger charge is -2.10. The predicted molar refractivity (Wildman–Crippen MR) is 74.6 cm³/mol. The molecule has 0 saturated heterocycles. The van der Waals surface area contributed by atoms with E-state index in [-0.39, 0.29) is 5.82 Å². The quantitative estimate of drug-likeness (QED) is 0.915. The molecule has 1 heterocycles. The molecule has 2 aromatic rings. The van der Waals surface area contributed by atoms with Gasteiger partial charge in [0.2, 0.25) is 5.95 Å². The van der Waals surface area contributed by atoms with Crippen LogP contribution in [0.4, 0.5) is 16.0 Å². The van der Waals surface area contributed by atoms with Crippen molar-refractivity contribution in [3.63, 3.8) is 0 Å². The van der Waals surface area contributed by atoms with Crippen molar-refractivity contribution in [1.29, 1.82) is 0 Å². The van der Waals surface area contributed by atoms with E-state index in [0.717, 1.165) is 30.3 Å². The van der Waals surface area contributed by atoms with E-state index in [1.165, 1.54) is 12.1 Å². The van der Waals surface area contributed by atoms with Crippen molar-refractivity contribution in [2.75, 3.05) is 5.32 Å². The zero-order valence-electron chi connectivity index (χ0n) is 10.4. The van der Waals surface area contributed by atoms with Gasteiger partial charge in [0.15, 0.2) is 0 Å². The summed E-state index contributed by atoms with van der Waals surface area (Å²) in [5.41, 5.74) is 1.77. The van der Waals surface area contributed by atoms with Crippen LogP contribution in [0.2, 0.25) is 0 Å². The molecular weight excluding hydrogens is 297 g/mol. The van der Waals surface area contributed by atoms with Gasteiger partial charge in [0.05, 0.1) is 11.4 Å². The summed E-state index contributed by atoms with van der Waals surface area (Å²) in [6, 6.07) is 4.55. The fourth-order valence-corrected chi connectivity index (χ4v) is 2.22. The molecule has 0 aliphatic rings. The summed E-state index contributed by atoms with van der Waals surface area (Å²) in [7, 11) is 0. The maximum absolute atomic E-state index is 13.0. The number of halogens is 2. The number of nitrogens with one attached hydrogen (secondary N) is 1. The van der Waals surface area contributed by atoms with Gasteiger partial charge in [-0.15, -0.1) is 0 Å². The Morgan fingerprint density at radius 2 is 2.22 bits per heavy atom. The molecule has 1 aromatic heterocycles. The van der Waals surface area contributed by atoms with Gasteiger partial charge in [-0.3, -0.25) is 0 Å². The number of anilines is 2. The molecular formula is C13H15BrFN3. The first-order chi connectivity index (χ1) is 8.60. The molecule has 0 atom stereocenters. The molecule has 18 heavy (non-hydrogen) atoms. The molecule has 0 saturated carbocycles. The molecule has 1 aromatic carbocycles. The van der Waals surface area contributed by atoms with Crippen molar-refractivity contribution in [2.24, 2.45) is 0 Å². The van der Waals surface area contributed by atoms with Crippen molar-refractivity contribution in [3.05, 3.63) is 40.4 Å². The number of nitrogens with zero attached hydrogens (tertiary/aromatic N) is 2. The Balaban J connectivity index is 2.27. The number of hydrogen-bond donors (Lipinski definition) is 1. The van der Waals surface area contributed by atoms with Crippen LogP contribution in [-0.4, -0.2) is 9.55 Å². The van der Waals surface area contributed by atoms with E-state index >= 15 is 0 Å². The zero-order chi connectivity index (χ0) is 13.1. The van der Waals surface area contributed by atoms with E-state index < -0.39 is 0 Å². The molecule has 0 spiro atoms. The largest absolute Gasteiger partial charge is 0.325 e. The first-order valence-electron chi connectivity index (χ1n) is 5.86. The van der Waals surface area contributed by atoms with Crippen LogP contribution in [0.25, 0.3) is 0 Å². The van der Waals surface area contributed by atoms with Crippen LogP contribution in [0.15, 0.2) is 28.9 Å². The first kappa shape index (κ1) is 13.1. The van der Waals surface area contributed by atoms with Gasteiger partial charge in [-0.25, -0.2) is 9.37 Å². The van der Waals surface area contributed by atoms with Crippen LogP contribution in [0, 0.1) is 12.7 Å². The Morgan fingerprint density at radius 3 is 2.89 bits per heavy atom. The Hall–Kier alpha value is -1.36. The normalized spacial score (nSPS) is 10.7. The fraction of sp³-hybridized carbons (Fsp3) is 0.308. The lowest BCUT2D eigenvalue weighted by molar-refractivity contribution is 0.627. The monoisotopic (exact) mass is 311 g/mol. The summed E-state index contributed by atoms with van der Waals surface area (Å²) in [5.74, 6) is 0.516. The Morgan fingerprint density at radius 1 is 1.44 bits per heavy atom. The number of imidazole rings is 1. The van der Waals surface area contributed by atoms with Gasteiger partial charge in [-0.2, -0.15) is 0 Å². The molecule has 5 heteroatoms. The van der Waals surface area contributed by atoms with Crippen molar-refractivity contribution in [1.82, 2.24) is 9.55 Å². The van der Waals surface area contributed by atoms with Crippen LogP contribution >= 0.6 is 15.9 Å². The summed E-state index contributed by atoms with van der Waals surface area (Å²) in [6.45, 7) is 4.98. The van der Waals surface area contributed by atoms with Crippen molar-refractivity contribution in [3.8, 4) is 0 Å². The maximum atomic E-state index is 13.0. The summed E-state index contributed by atoms with van der Waals surface area (Å²) in [5, 5.41) is 3.21. The molecule has 2 rings (SSSR count). The van der Waals surface area contributed by atoms with Crippen molar-refractivity contribution >= 4 is 27.6 Å². The third kappa shape index (κ3) is 2.90. The van der Waals surface area contributed by atoms with E-state index in [1.54, 1.807) is 6.07 Å². The highest BCUT2D eigenvalue weighted by atomic mass is 79.9. The van der Waals surface area contributed by atoms with Crippen LogP contribution < -0.4 is 5.32 Å². The minimum Gasteiger partial charge on any atom is -0.325 e. The smallest absolute Gasteiger partial charge is 0.207 e. The summed E-state index contributed by atoms with van der Waals surface area (Å²) >= 11 is 3.34. The highest BCUT2D eigenvalue weighted by Crippen LogP contribution is 2.26. The second kappa shape index (κ2) is 5.52. The van der Waals surface area contributed by atoms with Gasteiger partial charge in [0.1, 0.15) is 5.82 Å². The molecule has 0 bridgehead atoms. The predicted octanol–water partition coefficient (Wildman–Crippen LogP) is 4.25. The minimum atomic E-state index is -0.263. The number of benzene rings is 1. The van der Waals surface area contributed by atoms with E-state index in [4.69, 9.17) is 0 Å². The molecule has 0 amide bonds. The highest BCUT2D eigenvalue weighted by Gasteiger charge is 2.07. The number of aryl methyl sites for hydroxylation is 2. The number of rotatable bonds is 4. The molecule has 96 valence electrons. The summed E-state index contributed by atoms with van der Waals surface area (Å²) in [4.78, 5) is 4.43. The van der Waals surface area contributed by atoms with Gasteiger partial charge < -0.3 is 9.88 Å². The highest BCUT2D eigenvalue weighted by molar-refractivity contribution is 9.10. The fourth-order valence-electron chi connectivity index (χ4n) is 1.77. The number of hydrogen-bond acceptors (Lipinski definition) is 2. The molecule has 1 N–H and O–H groups in total. The van der Waals surface area contributed by atoms with E-state index in [9.17, 15) is 4.39 Å². The Bertz CT molecular complexity index is 551. The summed E-state index contributed by atoms with van der Waals surface area (Å²) < 4.78 is 15.8. The summed E-state index contributed by atoms with van der Waals surface area (Å²) in [6.07, 6.45) is 3.04. The van der Waals surface area contributed by atoms with E-state index in [2.05, 4.69) is 37.7 Å². The topological polar surface area (TPSA) is 29.9 Å². The second-order valence-corrected chi connectivity index (χ2v) is 5.00. The van der Waals surface area contributed by atoms with Crippen molar-refractivity contribution in [2.45, 2.75) is 26.8 Å². The van der Waals surface area contributed by atoms with E-state index in [0.29, 0.717) is 4.47 Å². The Kier molecular flexibility index (Phi) is 4.01. The third-order valence-corrected chi connectivity index (χ3v) is 3.20. The lowest BCUT2D eigenvalue weighted by atomic mass is 10.3. The van der Waals surface area contributed by atoms with Gasteiger partial charge in [0.25, 0.3) is 0 Å². The van der Waals surface area contributed by atoms with Crippen LogP contribution in [0.5, 0.6) is 0 Å². The number of aromatic nitrogens is 2. The SMILES string of the molecule is CCCn1cc(C)nc1Nc1ccc(F)cc1Br. The van der Waals surface area contributed by atoms with Crippen molar-refractivity contribution < 1.29 is 4.39 Å². The molecule has 3 nitrogen and oxygen atoms in total. The lowest BCUT2D eigenvalue weighted by Crippen LogP contribution is -2.03. The van der Waals surface area contributed by atoms with Crippen LogP contribution in [-0.2, 0) is 6.54 Å². The third-order valence-electron chi connectivity index (χ3n) is 2.54. The molecule has 0 fully saturated rings. The van der Waals surface area contributed by atoms with Crippen LogP contribution in [0.1, 0.15) is 19.0 Å².